The standard InChI is InChI=1S/C13H17N5O/c14-18-7-5-17(6-8-18)10-12-9-13(16-19-12)11-1-3-15-4-2-11/h1-4,9H,5-8,10,14H2. The Morgan fingerprint density at radius 2 is 1.89 bits per heavy atom. The molecule has 6 nitrogen and oxygen atoms in total. The van der Waals surface area contributed by atoms with Crippen molar-refractivity contribution < 1.29 is 4.52 Å². The van der Waals surface area contributed by atoms with Crippen LogP contribution in [0.15, 0.2) is 35.1 Å². The van der Waals surface area contributed by atoms with Crippen LogP contribution in [0.4, 0.5) is 0 Å². The lowest BCUT2D eigenvalue weighted by atomic mass is 10.2. The Hall–Kier alpha value is -1.76. The van der Waals surface area contributed by atoms with Gasteiger partial charge in [-0.2, -0.15) is 0 Å². The van der Waals surface area contributed by atoms with Gasteiger partial charge in [0.15, 0.2) is 5.76 Å². The van der Waals surface area contributed by atoms with E-state index in [1.807, 2.05) is 23.2 Å². The molecule has 0 aliphatic carbocycles. The molecule has 2 aromatic rings. The van der Waals surface area contributed by atoms with Gasteiger partial charge in [-0.15, -0.1) is 0 Å². The molecule has 1 aliphatic rings. The molecule has 0 radical (unpaired) electrons. The fourth-order valence-electron chi connectivity index (χ4n) is 2.19. The Balaban J connectivity index is 1.65. The summed E-state index contributed by atoms with van der Waals surface area (Å²) >= 11 is 0. The van der Waals surface area contributed by atoms with Crippen molar-refractivity contribution >= 4 is 0 Å². The number of aromatic nitrogens is 2. The van der Waals surface area contributed by atoms with Crippen molar-refractivity contribution in [3.8, 4) is 11.3 Å². The predicted molar refractivity (Wildman–Crippen MR) is 70.8 cm³/mol. The third-order valence-electron chi connectivity index (χ3n) is 3.32. The van der Waals surface area contributed by atoms with Crippen molar-refractivity contribution in [2.45, 2.75) is 6.54 Å². The van der Waals surface area contributed by atoms with E-state index in [4.69, 9.17) is 10.4 Å². The highest BCUT2D eigenvalue weighted by atomic mass is 16.5. The number of rotatable bonds is 3. The van der Waals surface area contributed by atoms with E-state index in [9.17, 15) is 0 Å². The summed E-state index contributed by atoms with van der Waals surface area (Å²) in [6, 6.07) is 5.84. The molecule has 1 saturated heterocycles. The Morgan fingerprint density at radius 3 is 2.63 bits per heavy atom. The van der Waals surface area contributed by atoms with Crippen LogP contribution in [0, 0.1) is 0 Å². The Morgan fingerprint density at radius 1 is 1.16 bits per heavy atom. The van der Waals surface area contributed by atoms with Gasteiger partial charge in [0, 0.05) is 50.2 Å². The first-order valence-corrected chi connectivity index (χ1v) is 6.39. The van der Waals surface area contributed by atoms with Gasteiger partial charge in [0.05, 0.1) is 6.54 Å². The highest BCUT2D eigenvalue weighted by Crippen LogP contribution is 2.19. The minimum Gasteiger partial charge on any atom is -0.359 e. The van der Waals surface area contributed by atoms with Crippen LogP contribution in [-0.2, 0) is 6.54 Å². The van der Waals surface area contributed by atoms with Crippen LogP contribution in [0.1, 0.15) is 5.76 Å². The fraction of sp³-hybridized carbons (Fsp3) is 0.385. The van der Waals surface area contributed by atoms with E-state index in [0.717, 1.165) is 49.7 Å². The van der Waals surface area contributed by atoms with Crippen molar-refractivity contribution in [1.29, 1.82) is 0 Å². The molecular formula is C13H17N5O. The van der Waals surface area contributed by atoms with Crippen LogP contribution >= 0.6 is 0 Å². The summed E-state index contributed by atoms with van der Waals surface area (Å²) in [4.78, 5) is 6.31. The Bertz CT molecular complexity index is 519. The first kappa shape index (κ1) is 12.3. The number of hydrogen-bond donors (Lipinski definition) is 1. The van der Waals surface area contributed by atoms with E-state index in [0.29, 0.717) is 0 Å². The molecule has 19 heavy (non-hydrogen) atoms. The van der Waals surface area contributed by atoms with Crippen molar-refractivity contribution in [1.82, 2.24) is 20.0 Å². The van der Waals surface area contributed by atoms with E-state index in [2.05, 4.69) is 15.0 Å². The van der Waals surface area contributed by atoms with Gasteiger partial charge in [-0.1, -0.05) is 5.16 Å². The fourth-order valence-corrected chi connectivity index (χ4v) is 2.19. The van der Waals surface area contributed by atoms with Gasteiger partial charge in [0.1, 0.15) is 5.69 Å². The van der Waals surface area contributed by atoms with Crippen LogP contribution < -0.4 is 5.84 Å². The van der Waals surface area contributed by atoms with Crippen LogP contribution in [0.25, 0.3) is 11.3 Å². The predicted octanol–water partition coefficient (Wildman–Crippen LogP) is 0.728. The first-order valence-electron chi connectivity index (χ1n) is 6.39. The zero-order valence-electron chi connectivity index (χ0n) is 10.7. The molecule has 0 unspecified atom stereocenters. The molecule has 2 N–H and O–H groups in total. The van der Waals surface area contributed by atoms with Crippen LogP contribution in [0.3, 0.4) is 0 Å². The lowest BCUT2D eigenvalue weighted by Crippen LogP contribution is -2.48. The van der Waals surface area contributed by atoms with Crippen molar-refractivity contribution in [3.63, 3.8) is 0 Å². The van der Waals surface area contributed by atoms with E-state index >= 15 is 0 Å². The lowest BCUT2D eigenvalue weighted by Gasteiger charge is -2.30. The lowest BCUT2D eigenvalue weighted by molar-refractivity contribution is 0.119. The second-order valence-corrected chi connectivity index (χ2v) is 4.73. The SMILES string of the molecule is NN1CCN(Cc2cc(-c3ccncc3)no2)CC1. The van der Waals surface area contributed by atoms with E-state index in [1.165, 1.54) is 0 Å². The quantitative estimate of drug-likeness (QED) is 0.819. The number of piperazine rings is 1. The molecule has 2 aromatic heterocycles. The first-order chi connectivity index (χ1) is 9.31. The molecule has 100 valence electrons. The smallest absolute Gasteiger partial charge is 0.151 e. The number of pyridine rings is 1. The van der Waals surface area contributed by atoms with Gasteiger partial charge >= 0.3 is 0 Å². The van der Waals surface area contributed by atoms with E-state index < -0.39 is 0 Å². The van der Waals surface area contributed by atoms with Crippen LogP contribution in [0.5, 0.6) is 0 Å². The number of hydrazine groups is 1. The maximum Gasteiger partial charge on any atom is 0.151 e. The molecule has 6 heteroatoms. The van der Waals surface area contributed by atoms with Crippen molar-refractivity contribution in [2.24, 2.45) is 5.84 Å². The molecule has 0 saturated carbocycles. The zero-order chi connectivity index (χ0) is 13.1. The van der Waals surface area contributed by atoms with E-state index in [-0.39, 0.29) is 0 Å². The average Bonchev–Trinajstić information content (AvgIpc) is 2.91. The van der Waals surface area contributed by atoms with Gasteiger partial charge in [-0.25, -0.2) is 5.01 Å². The molecule has 0 aromatic carbocycles. The summed E-state index contributed by atoms with van der Waals surface area (Å²) in [5.74, 6) is 6.62. The van der Waals surface area contributed by atoms with Gasteiger partial charge in [0.2, 0.25) is 0 Å². The average molecular weight is 259 g/mol. The van der Waals surface area contributed by atoms with E-state index in [1.54, 1.807) is 12.4 Å². The molecule has 0 amide bonds. The summed E-state index contributed by atoms with van der Waals surface area (Å²) in [7, 11) is 0. The maximum absolute atomic E-state index is 5.74. The third kappa shape index (κ3) is 2.98. The molecule has 3 heterocycles. The highest BCUT2D eigenvalue weighted by Gasteiger charge is 2.16. The largest absolute Gasteiger partial charge is 0.359 e. The summed E-state index contributed by atoms with van der Waals surface area (Å²) in [6.45, 7) is 4.49. The molecule has 1 fully saturated rings. The van der Waals surface area contributed by atoms with Crippen molar-refractivity contribution in [2.75, 3.05) is 26.2 Å². The number of nitrogens with two attached hydrogens (primary N) is 1. The third-order valence-corrected chi connectivity index (χ3v) is 3.32. The highest BCUT2D eigenvalue weighted by molar-refractivity contribution is 5.57. The summed E-state index contributed by atoms with van der Waals surface area (Å²) in [5, 5.41) is 5.95. The normalized spacial score (nSPS) is 17.7. The van der Waals surface area contributed by atoms with Gasteiger partial charge in [-0.05, 0) is 12.1 Å². The van der Waals surface area contributed by atoms with Crippen molar-refractivity contribution in [3.05, 3.63) is 36.4 Å². The minimum atomic E-state index is 0.784. The Kier molecular flexibility index (Phi) is 3.54. The summed E-state index contributed by atoms with van der Waals surface area (Å²) in [6.07, 6.45) is 3.51. The monoisotopic (exact) mass is 259 g/mol. The molecule has 1 aliphatic heterocycles. The molecular weight excluding hydrogens is 242 g/mol. The van der Waals surface area contributed by atoms with Gasteiger partial charge in [0.25, 0.3) is 0 Å². The van der Waals surface area contributed by atoms with Gasteiger partial charge < -0.3 is 4.52 Å². The van der Waals surface area contributed by atoms with Crippen LogP contribution in [0.2, 0.25) is 0 Å². The second kappa shape index (κ2) is 5.48. The molecule has 0 bridgehead atoms. The van der Waals surface area contributed by atoms with Gasteiger partial charge in [-0.3, -0.25) is 15.7 Å². The Labute approximate surface area is 111 Å². The second-order valence-electron chi connectivity index (χ2n) is 4.73. The zero-order valence-corrected chi connectivity index (χ0v) is 10.7. The minimum absolute atomic E-state index is 0.784. The summed E-state index contributed by atoms with van der Waals surface area (Å²) < 4.78 is 5.39. The molecule has 0 atom stereocenters. The molecule has 3 rings (SSSR count). The van der Waals surface area contributed by atoms with Crippen LogP contribution in [-0.4, -0.2) is 46.2 Å². The number of nitrogens with zero attached hydrogens (tertiary/aromatic N) is 4. The topological polar surface area (TPSA) is 71.4 Å². The summed E-state index contributed by atoms with van der Waals surface area (Å²) in [5.41, 5.74) is 1.88. The number of hydrogen-bond acceptors (Lipinski definition) is 6. The molecule has 0 spiro atoms. The maximum atomic E-state index is 5.74.